The summed E-state index contributed by atoms with van der Waals surface area (Å²) in [4.78, 5) is 55.9. The number of Topliss-reactive ketones (excluding diaryl/α,β-unsaturated/α-hetero) is 1. The zero-order chi connectivity index (χ0) is 22.1. The Hall–Kier alpha value is -1.62. The number of hydrogen-bond donors (Lipinski definition) is 3. The Balaban J connectivity index is 0.00000450. The normalized spacial score (nSPS) is 19.9. The molecule has 30 heavy (non-hydrogen) atoms. The second kappa shape index (κ2) is 10.1. The molecule has 1 fully saturated rings. The fourth-order valence-electron chi connectivity index (χ4n) is 2.40. The molecule has 160 valence electrons. The van der Waals surface area contributed by atoms with Crippen LogP contribution in [0.5, 0.6) is 0 Å². The molecule has 0 aliphatic carbocycles. The molecule has 0 radical (unpaired) electrons. The molecule has 0 aromatic carbocycles. The van der Waals surface area contributed by atoms with Crippen LogP contribution in [-0.4, -0.2) is 70.7 Å². The van der Waals surface area contributed by atoms with Crippen molar-refractivity contribution in [1.29, 1.82) is 0 Å². The van der Waals surface area contributed by atoms with E-state index < -0.39 is 57.0 Å². The summed E-state index contributed by atoms with van der Waals surface area (Å²) in [6, 6.07) is -3.19. The smallest absolute Gasteiger partial charge is 1.00 e. The van der Waals surface area contributed by atoms with Gasteiger partial charge in [0.15, 0.2) is 16.9 Å². The third-order valence-electron chi connectivity index (χ3n) is 3.63. The molecule has 2 rings (SSSR count). The summed E-state index contributed by atoms with van der Waals surface area (Å²) in [6.07, 6.45) is 0. The number of β-lactam (4-membered cyclic amide) rings is 1. The predicted molar refractivity (Wildman–Crippen MR) is 99.4 cm³/mol. The summed E-state index contributed by atoms with van der Waals surface area (Å²) in [6.45, 7) is 0.982. The van der Waals surface area contributed by atoms with Gasteiger partial charge in [0.05, 0.1) is 0 Å². The molecule has 1 aromatic heterocycles. The summed E-state index contributed by atoms with van der Waals surface area (Å²) >= 11 is 6.70. The van der Waals surface area contributed by atoms with Crippen LogP contribution < -0.4 is 40.6 Å². The van der Waals surface area contributed by atoms with Gasteiger partial charge in [-0.05, 0) is 6.92 Å². The summed E-state index contributed by atoms with van der Waals surface area (Å²) in [5, 5.41) is 5.79. The number of thiazole rings is 1. The van der Waals surface area contributed by atoms with Crippen LogP contribution >= 0.6 is 22.9 Å². The van der Waals surface area contributed by atoms with E-state index in [0.717, 1.165) is 25.4 Å². The van der Waals surface area contributed by atoms with Crippen LogP contribution in [0.1, 0.15) is 24.4 Å². The summed E-state index contributed by atoms with van der Waals surface area (Å²) < 4.78 is 31.5. The van der Waals surface area contributed by atoms with Crippen LogP contribution in [0.4, 0.5) is 0 Å². The second-order valence-corrected chi connectivity index (χ2v) is 8.19. The van der Waals surface area contributed by atoms with Gasteiger partial charge < -0.3 is 17.3 Å². The van der Waals surface area contributed by atoms with Gasteiger partial charge in [-0.1, -0.05) is 5.16 Å². The van der Waals surface area contributed by atoms with E-state index in [2.05, 4.69) is 20.3 Å². The van der Waals surface area contributed by atoms with E-state index in [4.69, 9.17) is 21.9 Å². The van der Waals surface area contributed by atoms with Gasteiger partial charge >= 0.3 is 39.9 Å². The van der Waals surface area contributed by atoms with Gasteiger partial charge in [0, 0.05) is 5.38 Å². The molecule has 1 aliphatic heterocycles. The largest absolute Gasteiger partial charge is 1.00 e. The van der Waals surface area contributed by atoms with Crippen LogP contribution in [-0.2, 0) is 34.3 Å². The molecule has 13 nitrogen and oxygen atoms in total. The number of primary amides is 1. The number of alkyl halides is 1. The van der Waals surface area contributed by atoms with Crippen molar-refractivity contribution in [3.63, 3.8) is 0 Å². The maximum absolute atomic E-state index is 12.5. The van der Waals surface area contributed by atoms with Crippen molar-refractivity contribution < 1.29 is 68.0 Å². The number of amides is 3. The summed E-state index contributed by atoms with van der Waals surface area (Å²) in [5.41, 5.74) is 4.57. The second-order valence-electron chi connectivity index (χ2n) is 5.58. The SMILES string of the molecule is CO/N=C(\C(=O)NC1C(=O)N(S(=O)(=O)O)C1C(C)=O)c1csc(C(Cl)C(N)=O)n1.[H-].[Na+]. The van der Waals surface area contributed by atoms with Crippen molar-refractivity contribution in [1.82, 2.24) is 14.6 Å². The quantitative estimate of drug-likeness (QED) is 0.0800. The first-order chi connectivity index (χ1) is 13.4. The van der Waals surface area contributed by atoms with E-state index in [-0.39, 0.29) is 46.0 Å². The third kappa shape index (κ3) is 5.35. The van der Waals surface area contributed by atoms with E-state index in [1.54, 1.807) is 0 Å². The number of hydrogen-bond acceptors (Lipinski definition) is 10. The van der Waals surface area contributed by atoms with Gasteiger partial charge in [0.2, 0.25) is 5.91 Å². The Labute approximate surface area is 202 Å². The first-order valence-electron chi connectivity index (χ1n) is 7.52. The van der Waals surface area contributed by atoms with Gasteiger partial charge in [-0.3, -0.25) is 23.7 Å². The Morgan fingerprint density at radius 3 is 2.57 bits per heavy atom. The standard InChI is InChI=1S/C13H14ClN5O8S2.Na.H/c1-4(20)9-8(13(23)19(9)29(24,25)26)17-11(22)7(18-27-2)5-3-28-12(16-5)6(14)10(15)21;;/h3,6,8-9H,1-2H3,(H2,15,21)(H,17,22)(H,24,25,26);;/q;+1;-1/b18-7-;;. The van der Waals surface area contributed by atoms with Crippen molar-refractivity contribution in [3.8, 4) is 0 Å². The van der Waals surface area contributed by atoms with Crippen molar-refractivity contribution in [3.05, 3.63) is 16.1 Å². The molecule has 1 aliphatic rings. The Bertz CT molecular complexity index is 1020. The summed E-state index contributed by atoms with van der Waals surface area (Å²) in [5.74, 6) is -3.91. The van der Waals surface area contributed by atoms with Crippen molar-refractivity contribution in [2.45, 2.75) is 24.4 Å². The number of rotatable bonds is 8. The average Bonchev–Trinajstić information content (AvgIpc) is 3.08. The van der Waals surface area contributed by atoms with E-state index in [9.17, 15) is 27.6 Å². The fourth-order valence-corrected chi connectivity index (χ4v) is 4.28. The molecular weight excluding hydrogens is 477 g/mol. The number of aromatic nitrogens is 1. The van der Waals surface area contributed by atoms with Crippen LogP contribution in [0.3, 0.4) is 0 Å². The van der Waals surface area contributed by atoms with Crippen molar-refractivity contribution in [2.24, 2.45) is 10.9 Å². The van der Waals surface area contributed by atoms with Gasteiger partial charge in [0.25, 0.3) is 11.8 Å². The molecule has 3 unspecified atom stereocenters. The maximum Gasteiger partial charge on any atom is 1.00 e. The van der Waals surface area contributed by atoms with E-state index in [1.807, 2.05) is 0 Å². The minimum Gasteiger partial charge on any atom is -1.00 e. The summed E-state index contributed by atoms with van der Waals surface area (Å²) in [7, 11) is -3.86. The first kappa shape index (κ1) is 26.4. The fraction of sp³-hybridized carbons (Fsp3) is 0.385. The number of carbonyl (C=O) groups is 4. The predicted octanol–water partition coefficient (Wildman–Crippen LogP) is -4.54. The topological polar surface area (TPSA) is 198 Å². The maximum atomic E-state index is 12.5. The van der Waals surface area contributed by atoms with Crippen LogP contribution in [0.25, 0.3) is 0 Å². The Morgan fingerprint density at radius 2 is 2.10 bits per heavy atom. The number of nitrogens with zero attached hydrogens (tertiary/aromatic N) is 3. The number of oxime groups is 1. The first-order valence-corrected chi connectivity index (χ1v) is 10.2. The van der Waals surface area contributed by atoms with Gasteiger partial charge in [0.1, 0.15) is 29.9 Å². The molecule has 0 bridgehead atoms. The van der Waals surface area contributed by atoms with E-state index >= 15 is 0 Å². The molecule has 0 spiro atoms. The van der Waals surface area contributed by atoms with Crippen molar-refractivity contribution in [2.75, 3.05) is 7.11 Å². The van der Waals surface area contributed by atoms with Gasteiger partial charge in [-0.2, -0.15) is 8.42 Å². The molecule has 4 N–H and O–H groups in total. The van der Waals surface area contributed by atoms with Crippen LogP contribution in [0, 0.1) is 0 Å². The number of nitrogens with two attached hydrogens (primary N) is 1. The van der Waals surface area contributed by atoms with Crippen LogP contribution in [0.15, 0.2) is 10.5 Å². The van der Waals surface area contributed by atoms with E-state index in [1.165, 1.54) is 5.38 Å². The van der Waals surface area contributed by atoms with E-state index in [0.29, 0.717) is 0 Å². The molecule has 3 atom stereocenters. The monoisotopic (exact) mass is 491 g/mol. The Kier molecular flexibility index (Phi) is 8.92. The van der Waals surface area contributed by atoms with Crippen molar-refractivity contribution >= 4 is 62.5 Å². The zero-order valence-electron chi connectivity index (χ0n) is 16.7. The number of halogens is 1. The van der Waals surface area contributed by atoms with Gasteiger partial charge in [-0.25, -0.2) is 9.29 Å². The minimum atomic E-state index is -4.99. The zero-order valence-corrected chi connectivity index (χ0v) is 20.1. The third-order valence-corrected chi connectivity index (χ3v) is 6.00. The molecular formula is C13H15ClN5NaO8S2. The molecule has 0 saturated carbocycles. The average molecular weight is 492 g/mol. The molecule has 2 heterocycles. The molecule has 17 heteroatoms. The Morgan fingerprint density at radius 1 is 1.50 bits per heavy atom. The minimum absolute atomic E-state index is 0. The molecule has 1 saturated heterocycles. The van der Waals surface area contributed by atoms with Crippen LogP contribution in [0.2, 0.25) is 0 Å². The number of nitrogens with one attached hydrogen (secondary N) is 1. The number of ketones is 1. The molecule has 1 aromatic rings. The molecule has 3 amide bonds. The van der Waals surface area contributed by atoms with Gasteiger partial charge in [-0.15, -0.1) is 22.9 Å². The number of carbonyl (C=O) groups excluding carboxylic acids is 4.